The Morgan fingerprint density at radius 2 is 1.60 bits per heavy atom. The van der Waals surface area contributed by atoms with Gasteiger partial charge in [0.25, 0.3) is 5.91 Å². The van der Waals surface area contributed by atoms with Crippen LogP contribution in [0.1, 0.15) is 11.1 Å². The van der Waals surface area contributed by atoms with Gasteiger partial charge in [0.05, 0.1) is 4.48 Å². The molecule has 0 aliphatic rings. The van der Waals surface area contributed by atoms with Crippen molar-refractivity contribution in [3.63, 3.8) is 0 Å². The van der Waals surface area contributed by atoms with Crippen LogP contribution in [-0.2, 0) is 11.2 Å². The lowest BCUT2D eigenvalue weighted by atomic mass is 10.1. The molecule has 0 heterocycles. The number of amides is 1. The fourth-order valence-electron chi connectivity index (χ4n) is 1.81. The van der Waals surface area contributed by atoms with E-state index >= 15 is 0 Å². The van der Waals surface area contributed by atoms with Crippen LogP contribution in [-0.4, -0.2) is 12.5 Å². The second-order valence-electron chi connectivity index (χ2n) is 4.39. The third-order valence-corrected chi connectivity index (χ3v) is 3.44. The molecule has 0 radical (unpaired) electrons. The Bertz CT molecular complexity index is 578. The minimum Gasteiger partial charge on any atom is -0.351 e. The van der Waals surface area contributed by atoms with Crippen molar-refractivity contribution in [3.05, 3.63) is 76.3 Å². The van der Waals surface area contributed by atoms with Crippen molar-refractivity contribution in [2.45, 2.75) is 6.42 Å². The average molecular weight is 330 g/mol. The lowest BCUT2D eigenvalue weighted by Gasteiger charge is -2.05. The van der Waals surface area contributed by atoms with Crippen molar-refractivity contribution in [2.24, 2.45) is 0 Å². The highest BCUT2D eigenvalue weighted by Gasteiger charge is 2.05. The third-order valence-electron chi connectivity index (χ3n) is 2.85. The second kappa shape index (κ2) is 7.65. The van der Waals surface area contributed by atoms with Crippen LogP contribution in [0.25, 0.3) is 6.08 Å². The first-order valence-electron chi connectivity index (χ1n) is 6.50. The SMILES string of the molecule is O=C(NCCc1ccccc1)C(Br)=Cc1ccccc1. The van der Waals surface area contributed by atoms with E-state index in [-0.39, 0.29) is 5.91 Å². The lowest BCUT2D eigenvalue weighted by Crippen LogP contribution is -2.25. The molecular formula is C17H16BrNO. The normalized spacial score (nSPS) is 11.2. The van der Waals surface area contributed by atoms with E-state index in [4.69, 9.17) is 0 Å². The van der Waals surface area contributed by atoms with Gasteiger partial charge in [0.15, 0.2) is 0 Å². The van der Waals surface area contributed by atoms with Crippen molar-refractivity contribution in [3.8, 4) is 0 Å². The van der Waals surface area contributed by atoms with Crippen molar-refractivity contribution >= 4 is 27.9 Å². The van der Waals surface area contributed by atoms with Crippen molar-refractivity contribution < 1.29 is 4.79 Å². The summed E-state index contributed by atoms with van der Waals surface area (Å²) >= 11 is 3.32. The van der Waals surface area contributed by atoms with Gasteiger partial charge in [-0.2, -0.15) is 0 Å². The molecule has 0 atom stereocenters. The highest BCUT2D eigenvalue weighted by atomic mass is 79.9. The number of halogens is 1. The topological polar surface area (TPSA) is 29.1 Å². The molecule has 2 rings (SSSR count). The molecule has 102 valence electrons. The quantitative estimate of drug-likeness (QED) is 0.831. The molecule has 2 aromatic carbocycles. The first-order valence-corrected chi connectivity index (χ1v) is 7.29. The zero-order valence-corrected chi connectivity index (χ0v) is 12.6. The molecule has 0 saturated heterocycles. The molecule has 2 nitrogen and oxygen atoms in total. The van der Waals surface area contributed by atoms with Gasteiger partial charge in [-0.05, 0) is 39.6 Å². The van der Waals surface area contributed by atoms with Crippen molar-refractivity contribution in [2.75, 3.05) is 6.54 Å². The fraction of sp³-hybridized carbons (Fsp3) is 0.118. The predicted molar refractivity (Wildman–Crippen MR) is 86.5 cm³/mol. The molecule has 0 spiro atoms. The number of hydrogen-bond acceptors (Lipinski definition) is 1. The monoisotopic (exact) mass is 329 g/mol. The molecule has 0 bridgehead atoms. The Kier molecular flexibility index (Phi) is 5.56. The first kappa shape index (κ1) is 14.5. The molecule has 0 saturated carbocycles. The van der Waals surface area contributed by atoms with Crippen LogP contribution >= 0.6 is 15.9 Å². The summed E-state index contributed by atoms with van der Waals surface area (Å²) in [6.07, 6.45) is 2.65. The zero-order valence-electron chi connectivity index (χ0n) is 11.1. The summed E-state index contributed by atoms with van der Waals surface area (Å²) in [5, 5.41) is 2.90. The maximum atomic E-state index is 11.9. The summed E-state index contributed by atoms with van der Waals surface area (Å²) < 4.78 is 0.539. The Morgan fingerprint density at radius 3 is 2.25 bits per heavy atom. The molecule has 1 N–H and O–H groups in total. The molecular weight excluding hydrogens is 314 g/mol. The number of hydrogen-bond donors (Lipinski definition) is 1. The summed E-state index contributed by atoms with van der Waals surface area (Å²) in [7, 11) is 0. The zero-order chi connectivity index (χ0) is 14.2. The summed E-state index contributed by atoms with van der Waals surface area (Å²) in [6, 6.07) is 19.9. The van der Waals surface area contributed by atoms with Crippen molar-refractivity contribution in [1.82, 2.24) is 5.32 Å². The minimum atomic E-state index is -0.0928. The Morgan fingerprint density at radius 1 is 1.00 bits per heavy atom. The minimum absolute atomic E-state index is 0.0928. The Balaban J connectivity index is 1.84. The van der Waals surface area contributed by atoms with Gasteiger partial charge < -0.3 is 5.32 Å². The van der Waals surface area contributed by atoms with Gasteiger partial charge >= 0.3 is 0 Å². The van der Waals surface area contributed by atoms with E-state index in [1.807, 2.05) is 54.6 Å². The lowest BCUT2D eigenvalue weighted by molar-refractivity contribution is -0.116. The van der Waals surface area contributed by atoms with Crippen LogP contribution < -0.4 is 5.32 Å². The number of benzene rings is 2. The molecule has 1 amide bonds. The Labute approximate surface area is 127 Å². The molecule has 2 aromatic rings. The van der Waals surface area contributed by atoms with Gasteiger partial charge in [-0.3, -0.25) is 4.79 Å². The van der Waals surface area contributed by atoms with Gasteiger partial charge in [0.2, 0.25) is 0 Å². The van der Waals surface area contributed by atoms with Crippen LogP contribution in [0.3, 0.4) is 0 Å². The molecule has 3 heteroatoms. The second-order valence-corrected chi connectivity index (χ2v) is 5.25. The fourth-order valence-corrected chi connectivity index (χ4v) is 2.22. The molecule has 0 aromatic heterocycles. The van der Waals surface area contributed by atoms with Gasteiger partial charge in [0, 0.05) is 6.54 Å². The van der Waals surface area contributed by atoms with E-state index in [1.54, 1.807) is 0 Å². The Hall–Kier alpha value is -1.87. The largest absolute Gasteiger partial charge is 0.351 e. The summed E-state index contributed by atoms with van der Waals surface area (Å²) in [5.41, 5.74) is 2.22. The summed E-state index contributed by atoms with van der Waals surface area (Å²) in [6.45, 7) is 0.626. The van der Waals surface area contributed by atoms with Crippen LogP contribution in [0.2, 0.25) is 0 Å². The van der Waals surface area contributed by atoms with E-state index in [9.17, 15) is 4.79 Å². The van der Waals surface area contributed by atoms with Gasteiger partial charge in [-0.25, -0.2) is 0 Å². The highest BCUT2D eigenvalue weighted by molar-refractivity contribution is 9.12. The van der Waals surface area contributed by atoms with Crippen molar-refractivity contribution in [1.29, 1.82) is 0 Å². The molecule has 0 fully saturated rings. The smallest absolute Gasteiger partial charge is 0.258 e. The van der Waals surface area contributed by atoms with Crippen LogP contribution in [0.15, 0.2) is 65.1 Å². The highest BCUT2D eigenvalue weighted by Crippen LogP contribution is 2.12. The summed E-state index contributed by atoms with van der Waals surface area (Å²) in [5.74, 6) is -0.0928. The van der Waals surface area contributed by atoms with Crippen LogP contribution in [0.4, 0.5) is 0 Å². The maximum absolute atomic E-state index is 11.9. The van der Waals surface area contributed by atoms with Gasteiger partial charge in [-0.1, -0.05) is 60.7 Å². The van der Waals surface area contributed by atoms with Crippen LogP contribution in [0, 0.1) is 0 Å². The van der Waals surface area contributed by atoms with E-state index < -0.39 is 0 Å². The molecule has 0 aliphatic carbocycles. The summed E-state index contributed by atoms with van der Waals surface area (Å²) in [4.78, 5) is 11.9. The maximum Gasteiger partial charge on any atom is 0.258 e. The van der Waals surface area contributed by atoms with Gasteiger partial charge in [0.1, 0.15) is 0 Å². The van der Waals surface area contributed by atoms with E-state index in [0.29, 0.717) is 11.0 Å². The number of carbonyl (C=O) groups is 1. The third kappa shape index (κ3) is 4.67. The first-order chi connectivity index (χ1) is 9.75. The number of rotatable bonds is 5. The van der Waals surface area contributed by atoms with Crippen LogP contribution in [0.5, 0.6) is 0 Å². The molecule has 0 aliphatic heterocycles. The van der Waals surface area contributed by atoms with Gasteiger partial charge in [-0.15, -0.1) is 0 Å². The average Bonchev–Trinajstić information content (AvgIpc) is 2.49. The predicted octanol–water partition coefficient (Wildman–Crippen LogP) is 3.78. The van der Waals surface area contributed by atoms with E-state index in [1.165, 1.54) is 5.56 Å². The standard InChI is InChI=1S/C17H16BrNO/c18-16(13-15-9-5-2-6-10-15)17(20)19-12-11-14-7-3-1-4-8-14/h1-10,13H,11-12H2,(H,19,20). The number of carbonyl (C=O) groups excluding carboxylic acids is 1. The van der Waals surface area contributed by atoms with E-state index in [0.717, 1.165) is 12.0 Å². The van der Waals surface area contributed by atoms with E-state index in [2.05, 4.69) is 33.4 Å². The number of nitrogens with one attached hydrogen (secondary N) is 1. The molecule has 0 unspecified atom stereocenters. The molecule has 20 heavy (non-hydrogen) atoms.